The van der Waals surface area contributed by atoms with Crippen molar-refractivity contribution in [2.45, 2.75) is 77.9 Å². The summed E-state index contributed by atoms with van der Waals surface area (Å²) < 4.78 is 8.60. The number of fused-ring (bicyclic) bond motifs is 1. The second-order valence-electron chi connectivity index (χ2n) is 8.44. The van der Waals surface area contributed by atoms with E-state index < -0.39 is 8.24 Å². The number of hydrogen-bond acceptors (Lipinski definition) is 2. The monoisotopic (exact) mass is 374 g/mol. The van der Waals surface area contributed by atoms with Crippen LogP contribution in [0, 0.1) is 0 Å². The fourth-order valence-corrected chi connectivity index (χ4v) is 11.8. The van der Waals surface area contributed by atoms with Crippen molar-refractivity contribution >= 4 is 19.1 Å². The summed E-state index contributed by atoms with van der Waals surface area (Å²) in [6.07, 6.45) is 4.37. The van der Waals surface area contributed by atoms with Crippen LogP contribution in [0.25, 0.3) is 10.9 Å². The average Bonchev–Trinajstić information content (AvgIpc) is 2.91. The Morgan fingerprint density at radius 1 is 1.04 bits per heavy atom. The number of nitrogens with two attached hydrogens (primary N) is 1. The van der Waals surface area contributed by atoms with Crippen molar-refractivity contribution in [1.82, 2.24) is 4.23 Å². The van der Waals surface area contributed by atoms with E-state index in [4.69, 9.17) is 10.5 Å². The first-order valence-electron chi connectivity index (χ1n) is 10.3. The first kappa shape index (κ1) is 21.0. The van der Waals surface area contributed by atoms with Gasteiger partial charge in [-0.25, -0.2) is 0 Å². The lowest BCUT2D eigenvalue weighted by Gasteiger charge is -2.44. The SMILES string of the molecule is CCCOc1ccc2c(c1)c(CCN)cn2[Si](C(C)C)(C(C)C)C(C)C. The van der Waals surface area contributed by atoms with Gasteiger partial charge in [0.25, 0.3) is 0 Å². The molecular weight excluding hydrogens is 336 g/mol. The van der Waals surface area contributed by atoms with Crippen LogP contribution in [-0.2, 0) is 6.42 Å². The molecule has 0 saturated heterocycles. The van der Waals surface area contributed by atoms with Gasteiger partial charge in [-0.15, -0.1) is 0 Å². The first-order chi connectivity index (χ1) is 12.3. The fourth-order valence-electron chi connectivity index (χ4n) is 5.10. The van der Waals surface area contributed by atoms with Crippen molar-refractivity contribution in [2.24, 2.45) is 5.73 Å². The van der Waals surface area contributed by atoms with Crippen LogP contribution in [0.1, 0.15) is 60.5 Å². The minimum Gasteiger partial charge on any atom is -0.494 e. The quantitative estimate of drug-likeness (QED) is 0.550. The van der Waals surface area contributed by atoms with Crippen LogP contribution in [0.3, 0.4) is 0 Å². The van der Waals surface area contributed by atoms with E-state index in [2.05, 4.69) is 77.1 Å². The standard InChI is InChI=1S/C22H38N2OSi/c1-8-13-25-20-9-10-22-21(14-20)19(11-12-23)15-24(22)26(16(2)3,17(4)5)18(6)7/h9-10,14-18H,8,11-13,23H2,1-7H3. The van der Waals surface area contributed by atoms with Gasteiger partial charge in [0.1, 0.15) is 5.75 Å². The molecule has 0 aliphatic carbocycles. The molecule has 146 valence electrons. The van der Waals surface area contributed by atoms with Crippen LogP contribution in [0.2, 0.25) is 16.6 Å². The molecule has 1 aromatic carbocycles. The number of nitrogens with zero attached hydrogens (tertiary/aromatic N) is 1. The van der Waals surface area contributed by atoms with E-state index in [9.17, 15) is 0 Å². The minimum absolute atomic E-state index is 0.667. The molecule has 2 aromatic rings. The van der Waals surface area contributed by atoms with Crippen molar-refractivity contribution in [1.29, 1.82) is 0 Å². The molecule has 26 heavy (non-hydrogen) atoms. The molecule has 1 aromatic heterocycles. The van der Waals surface area contributed by atoms with Crippen LogP contribution < -0.4 is 10.5 Å². The Labute approximate surface area is 161 Å². The van der Waals surface area contributed by atoms with Gasteiger partial charge in [-0.3, -0.25) is 0 Å². The van der Waals surface area contributed by atoms with Gasteiger partial charge >= 0.3 is 0 Å². The van der Waals surface area contributed by atoms with Crippen molar-refractivity contribution in [3.05, 3.63) is 30.0 Å². The third-order valence-electron chi connectivity index (χ3n) is 5.94. The van der Waals surface area contributed by atoms with Gasteiger partial charge in [-0.2, -0.15) is 0 Å². The van der Waals surface area contributed by atoms with Gasteiger partial charge in [-0.05, 0) is 66.0 Å². The lowest BCUT2D eigenvalue weighted by Crippen LogP contribution is -2.51. The fraction of sp³-hybridized carbons (Fsp3) is 0.636. The molecule has 2 rings (SSSR count). The second kappa shape index (κ2) is 8.62. The minimum atomic E-state index is -1.78. The second-order valence-corrected chi connectivity index (χ2v) is 14.2. The van der Waals surface area contributed by atoms with Crippen LogP contribution >= 0.6 is 0 Å². The van der Waals surface area contributed by atoms with E-state index in [0.717, 1.165) is 25.2 Å². The summed E-state index contributed by atoms with van der Waals surface area (Å²) in [7, 11) is -1.78. The summed E-state index contributed by atoms with van der Waals surface area (Å²) in [4.78, 5) is 0. The lowest BCUT2D eigenvalue weighted by atomic mass is 10.1. The van der Waals surface area contributed by atoms with Crippen LogP contribution in [-0.4, -0.2) is 25.6 Å². The van der Waals surface area contributed by atoms with Gasteiger partial charge in [0, 0.05) is 10.9 Å². The van der Waals surface area contributed by atoms with Crippen molar-refractivity contribution < 1.29 is 4.74 Å². The molecule has 0 fully saturated rings. The molecule has 2 N–H and O–H groups in total. The maximum atomic E-state index is 5.94. The third-order valence-corrected chi connectivity index (χ3v) is 12.7. The van der Waals surface area contributed by atoms with Crippen LogP contribution in [0.5, 0.6) is 5.75 Å². The summed E-state index contributed by atoms with van der Waals surface area (Å²) in [5, 5.41) is 1.32. The number of rotatable bonds is 9. The normalized spacial score (nSPS) is 12.7. The van der Waals surface area contributed by atoms with Crippen molar-refractivity contribution in [3.63, 3.8) is 0 Å². The highest BCUT2D eigenvalue weighted by atomic mass is 28.3. The number of aromatic nitrogens is 1. The first-order valence-corrected chi connectivity index (χ1v) is 12.5. The highest BCUT2D eigenvalue weighted by Crippen LogP contribution is 2.45. The molecule has 0 atom stereocenters. The molecule has 0 spiro atoms. The molecule has 0 aliphatic rings. The Morgan fingerprint density at radius 2 is 1.65 bits per heavy atom. The molecule has 3 nitrogen and oxygen atoms in total. The highest BCUT2D eigenvalue weighted by Gasteiger charge is 2.45. The maximum Gasteiger partial charge on any atom is 0.169 e. The maximum absolute atomic E-state index is 5.94. The number of hydrogen-bond donors (Lipinski definition) is 1. The number of benzene rings is 1. The molecule has 0 radical (unpaired) electrons. The summed E-state index contributed by atoms with van der Waals surface area (Å²) in [5.74, 6) is 0.973. The largest absolute Gasteiger partial charge is 0.494 e. The number of ether oxygens (including phenoxy) is 1. The Kier molecular flexibility index (Phi) is 6.97. The van der Waals surface area contributed by atoms with Gasteiger partial charge in [0.05, 0.1) is 6.61 Å². The van der Waals surface area contributed by atoms with E-state index in [-0.39, 0.29) is 0 Å². The predicted molar refractivity (Wildman–Crippen MR) is 117 cm³/mol. The van der Waals surface area contributed by atoms with Gasteiger partial charge in [0.15, 0.2) is 8.24 Å². The molecule has 0 aliphatic heterocycles. The molecule has 0 bridgehead atoms. The van der Waals surface area contributed by atoms with Gasteiger partial charge in [0.2, 0.25) is 0 Å². The predicted octanol–water partition coefficient (Wildman–Crippen LogP) is 5.95. The molecule has 4 heteroatoms. The average molecular weight is 375 g/mol. The summed E-state index contributed by atoms with van der Waals surface area (Å²) in [5.41, 5.74) is 10.7. The highest BCUT2D eigenvalue weighted by molar-refractivity contribution is 6.82. The zero-order chi connectivity index (χ0) is 19.5. The molecular formula is C22H38N2OSi. The van der Waals surface area contributed by atoms with E-state index in [1.54, 1.807) is 0 Å². The van der Waals surface area contributed by atoms with Crippen molar-refractivity contribution in [2.75, 3.05) is 13.2 Å². The molecule has 1 heterocycles. The Balaban J connectivity index is 2.73. The summed E-state index contributed by atoms with van der Waals surface area (Å²) >= 11 is 0. The summed E-state index contributed by atoms with van der Waals surface area (Å²) in [6.45, 7) is 18.1. The van der Waals surface area contributed by atoms with Gasteiger partial charge < -0.3 is 14.7 Å². The van der Waals surface area contributed by atoms with Crippen LogP contribution in [0.4, 0.5) is 0 Å². The lowest BCUT2D eigenvalue weighted by molar-refractivity contribution is 0.318. The molecule has 0 saturated carbocycles. The topological polar surface area (TPSA) is 40.2 Å². The smallest absolute Gasteiger partial charge is 0.169 e. The van der Waals surface area contributed by atoms with E-state index in [0.29, 0.717) is 23.2 Å². The zero-order valence-electron chi connectivity index (χ0n) is 17.8. The Hall–Kier alpha value is -1.26. The van der Waals surface area contributed by atoms with Gasteiger partial charge in [-0.1, -0.05) is 48.5 Å². The molecule has 0 amide bonds. The Bertz CT molecular complexity index is 696. The summed E-state index contributed by atoms with van der Waals surface area (Å²) in [6, 6.07) is 6.64. The molecule has 0 unspecified atom stereocenters. The Morgan fingerprint density at radius 3 is 2.15 bits per heavy atom. The van der Waals surface area contributed by atoms with E-state index in [1.165, 1.54) is 16.5 Å². The zero-order valence-corrected chi connectivity index (χ0v) is 18.8. The van der Waals surface area contributed by atoms with Crippen LogP contribution in [0.15, 0.2) is 24.4 Å². The van der Waals surface area contributed by atoms with E-state index >= 15 is 0 Å². The van der Waals surface area contributed by atoms with E-state index in [1.807, 2.05) is 0 Å². The third kappa shape index (κ3) is 3.59. The van der Waals surface area contributed by atoms with Crippen molar-refractivity contribution in [3.8, 4) is 5.75 Å².